The van der Waals surface area contributed by atoms with E-state index in [0.717, 1.165) is 43.2 Å². The van der Waals surface area contributed by atoms with E-state index in [1.165, 1.54) is 45.3 Å². The van der Waals surface area contributed by atoms with Crippen LogP contribution in [0.5, 0.6) is 0 Å². The highest BCUT2D eigenvalue weighted by Crippen LogP contribution is 2.40. The van der Waals surface area contributed by atoms with Gasteiger partial charge in [-0.2, -0.15) is 18.7 Å². The lowest BCUT2D eigenvalue weighted by atomic mass is 10.1. The molecule has 0 unspecified atom stereocenters. The summed E-state index contributed by atoms with van der Waals surface area (Å²) >= 11 is 7.24. The summed E-state index contributed by atoms with van der Waals surface area (Å²) < 4.78 is 39.0. The number of halogens is 2. The van der Waals surface area contributed by atoms with Crippen LogP contribution in [0.4, 0.5) is 8.78 Å². The van der Waals surface area contributed by atoms with Gasteiger partial charge in [0.1, 0.15) is 20.8 Å². The number of hydrogen-bond acceptors (Lipinski definition) is 16. The first kappa shape index (κ1) is 25.2. The smallest absolute Gasteiger partial charge is 0.272 e. The lowest BCUT2D eigenvalue weighted by Crippen LogP contribution is -1.76. The van der Waals surface area contributed by atoms with Crippen LogP contribution in [0.1, 0.15) is 0 Å². The predicted molar refractivity (Wildman–Crippen MR) is 170 cm³/mol. The highest BCUT2D eigenvalue weighted by Gasteiger charge is 2.20. The Balaban J connectivity index is 0.972. The van der Waals surface area contributed by atoms with E-state index in [-0.39, 0.29) is 0 Å². The summed E-state index contributed by atoms with van der Waals surface area (Å²) in [4.78, 5) is 38.8. The van der Waals surface area contributed by atoms with Gasteiger partial charge in [0.25, 0.3) is 10.5 Å². The third-order valence-corrected chi connectivity index (χ3v) is 12.4. The first-order chi connectivity index (χ1) is 21.5. The highest BCUT2D eigenvalue weighted by atomic mass is 32.1. The molecule has 0 amide bonds. The van der Waals surface area contributed by atoms with Crippen molar-refractivity contribution in [1.29, 1.82) is 0 Å². The number of thiazole rings is 6. The summed E-state index contributed by atoms with van der Waals surface area (Å²) in [6, 6.07) is 7.77. The first-order valence-electron chi connectivity index (χ1n) is 12.4. The maximum Gasteiger partial charge on any atom is 0.272 e. The average Bonchev–Trinajstić information content (AvgIpc) is 3.82. The van der Waals surface area contributed by atoms with Crippen LogP contribution in [0, 0.1) is 10.5 Å². The molecule has 44 heavy (non-hydrogen) atoms. The molecular formula is C26H6F2N8O2S6. The Morgan fingerprint density at radius 3 is 1.39 bits per heavy atom. The normalized spacial score (nSPS) is 12.3. The largest absolute Gasteiger partial charge is 0.435 e. The molecule has 0 spiro atoms. The zero-order valence-corrected chi connectivity index (χ0v) is 26.0. The molecule has 0 atom stereocenters. The third kappa shape index (κ3) is 3.95. The van der Waals surface area contributed by atoms with Crippen LogP contribution in [0.15, 0.2) is 45.5 Å². The van der Waals surface area contributed by atoms with Gasteiger partial charge in [0.05, 0.1) is 12.4 Å². The lowest BCUT2D eigenvalue weighted by molar-refractivity contribution is 0.620. The zero-order valence-electron chi connectivity index (χ0n) is 21.1. The maximum atomic E-state index is 13.4. The molecule has 18 heteroatoms. The maximum absolute atomic E-state index is 13.4. The van der Waals surface area contributed by atoms with Gasteiger partial charge in [-0.15, -0.1) is 22.7 Å². The van der Waals surface area contributed by atoms with Crippen LogP contribution in [0.2, 0.25) is 0 Å². The molecule has 0 radical (unpaired) electrons. The van der Waals surface area contributed by atoms with Gasteiger partial charge < -0.3 is 8.83 Å². The summed E-state index contributed by atoms with van der Waals surface area (Å²) in [5, 5.41) is 3.60. The van der Waals surface area contributed by atoms with E-state index >= 15 is 0 Å². The van der Waals surface area contributed by atoms with Gasteiger partial charge in [0.15, 0.2) is 50.5 Å². The fourth-order valence-electron chi connectivity index (χ4n) is 4.67. The quantitative estimate of drug-likeness (QED) is 0.176. The van der Waals surface area contributed by atoms with Crippen molar-refractivity contribution in [1.82, 2.24) is 39.9 Å². The number of fused-ring (bicyclic) bond motifs is 5. The second-order valence-corrected chi connectivity index (χ2v) is 15.1. The van der Waals surface area contributed by atoms with Crippen LogP contribution in [0.25, 0.3) is 93.9 Å². The first-order valence-corrected chi connectivity index (χ1v) is 17.3. The van der Waals surface area contributed by atoms with Gasteiger partial charge >= 0.3 is 0 Å². The second kappa shape index (κ2) is 9.16. The van der Waals surface area contributed by atoms with Crippen LogP contribution < -0.4 is 0 Å². The summed E-state index contributed by atoms with van der Waals surface area (Å²) in [6.07, 6.45) is 3.40. The molecule has 8 heterocycles. The zero-order chi connectivity index (χ0) is 29.1. The van der Waals surface area contributed by atoms with Crippen LogP contribution >= 0.6 is 68.0 Å². The van der Waals surface area contributed by atoms with Crippen molar-refractivity contribution in [3.8, 4) is 41.6 Å². The Labute approximate surface area is 265 Å². The van der Waals surface area contributed by atoms with Crippen LogP contribution in [0.3, 0.4) is 0 Å². The highest BCUT2D eigenvalue weighted by molar-refractivity contribution is 7.30. The van der Waals surface area contributed by atoms with Crippen molar-refractivity contribution < 1.29 is 17.6 Å². The summed E-state index contributed by atoms with van der Waals surface area (Å²) in [7, 11) is 0. The Morgan fingerprint density at radius 2 is 0.932 bits per heavy atom. The minimum Gasteiger partial charge on any atom is -0.435 e. The number of hydrogen-bond donors (Lipinski definition) is 0. The summed E-state index contributed by atoms with van der Waals surface area (Å²) in [6.45, 7) is 0. The van der Waals surface area contributed by atoms with E-state index < -0.39 is 10.5 Å². The molecule has 0 bridgehead atoms. The van der Waals surface area contributed by atoms with E-state index in [2.05, 4.69) is 29.9 Å². The molecule has 10 nitrogen and oxygen atoms in total. The summed E-state index contributed by atoms with van der Waals surface area (Å²) in [5.41, 5.74) is 2.65. The molecule has 10 aromatic rings. The molecule has 0 aliphatic heterocycles. The van der Waals surface area contributed by atoms with Gasteiger partial charge in [0.2, 0.25) is 11.8 Å². The van der Waals surface area contributed by atoms with Gasteiger partial charge in [0, 0.05) is 0 Å². The third-order valence-electron chi connectivity index (χ3n) is 6.55. The molecule has 0 N–H and O–H groups in total. The molecule has 0 aliphatic carbocycles. The topological polar surface area (TPSA) is 129 Å². The minimum absolute atomic E-state index is 0.452. The molecule has 8 aromatic heterocycles. The van der Waals surface area contributed by atoms with E-state index in [9.17, 15) is 8.78 Å². The van der Waals surface area contributed by atoms with Crippen molar-refractivity contribution in [2.45, 2.75) is 0 Å². The fraction of sp³-hybridized carbons (Fsp3) is 0. The SMILES string of the molecule is Fc1nc2sc(-c3ncc(-c4nc5cc6cc7oc(-c8cnc(-c9nc%10sc(F)nc%10s9)s8)nc7cc6cc5o4)s3)nc2s1. The standard InChI is InChI=1S/C26H6F2N8O2S6/c27-25-35-23-21(43-25)33-19(41-23)17-29-5-13(39-17)15-31-9-1-7-3-12-10(2-8(7)4-11(9)37-15)32-16(38-12)14-6-30-18(40-14)20-34-22-24(42-20)36-26(28)44-22/h1-6H. The predicted octanol–water partition coefficient (Wildman–Crippen LogP) is 9.11. The fourth-order valence-corrected chi connectivity index (χ4v) is 9.92. The van der Waals surface area contributed by atoms with Gasteiger partial charge in [-0.05, 0) is 35.0 Å². The second-order valence-electron chi connectivity index (χ2n) is 9.28. The van der Waals surface area contributed by atoms with Crippen molar-refractivity contribution in [3.05, 3.63) is 47.2 Å². The minimum atomic E-state index is -0.493. The molecule has 2 aromatic carbocycles. The molecular weight excluding hydrogens is 687 g/mol. The Morgan fingerprint density at radius 1 is 0.477 bits per heavy atom. The number of aromatic nitrogens is 8. The number of rotatable bonds is 4. The molecule has 0 saturated heterocycles. The number of oxazole rings is 2. The van der Waals surface area contributed by atoms with Gasteiger partial charge in [-0.1, -0.05) is 45.3 Å². The van der Waals surface area contributed by atoms with Crippen molar-refractivity contribution in [2.75, 3.05) is 0 Å². The Hall–Kier alpha value is -4.20. The molecule has 0 aliphatic rings. The monoisotopic (exact) mass is 692 g/mol. The number of benzene rings is 2. The lowest BCUT2D eigenvalue weighted by Gasteiger charge is -1.96. The average molecular weight is 693 g/mol. The van der Waals surface area contributed by atoms with Gasteiger partial charge in [-0.3, -0.25) is 0 Å². The van der Waals surface area contributed by atoms with Crippen LogP contribution in [-0.4, -0.2) is 39.9 Å². The van der Waals surface area contributed by atoms with E-state index in [1.807, 2.05) is 24.3 Å². The number of nitrogens with zero attached hydrogens (tertiary/aromatic N) is 8. The summed E-state index contributed by atoms with van der Waals surface area (Å²) in [5.74, 6) is 0.903. The van der Waals surface area contributed by atoms with E-state index in [0.29, 0.717) is 73.3 Å². The van der Waals surface area contributed by atoms with E-state index in [1.54, 1.807) is 12.4 Å². The van der Waals surface area contributed by atoms with Crippen LogP contribution in [-0.2, 0) is 0 Å². The van der Waals surface area contributed by atoms with Crippen molar-refractivity contribution in [2.24, 2.45) is 0 Å². The Bertz CT molecular complexity index is 2430. The van der Waals surface area contributed by atoms with Crippen molar-refractivity contribution >= 4 is 120 Å². The van der Waals surface area contributed by atoms with E-state index in [4.69, 9.17) is 18.8 Å². The molecule has 0 saturated carbocycles. The molecule has 212 valence electrons. The molecule has 10 rings (SSSR count). The Kier molecular flexibility index (Phi) is 5.24. The van der Waals surface area contributed by atoms with Crippen molar-refractivity contribution in [3.63, 3.8) is 0 Å². The molecule has 0 fully saturated rings. The van der Waals surface area contributed by atoms with Gasteiger partial charge in [-0.25, -0.2) is 29.9 Å².